The van der Waals surface area contributed by atoms with Gasteiger partial charge in [0.15, 0.2) is 6.10 Å². The Balaban J connectivity index is 4.48. The van der Waals surface area contributed by atoms with Crippen molar-refractivity contribution in [1.29, 1.82) is 0 Å². The van der Waals surface area contributed by atoms with Crippen molar-refractivity contribution >= 4 is 33.6 Å². The van der Waals surface area contributed by atoms with Gasteiger partial charge in [0.2, 0.25) is 0 Å². The summed E-state index contributed by atoms with van der Waals surface area (Å²) >= 11 is 0. The fourth-order valence-electron chi connectivity index (χ4n) is 11.9. The molecule has 0 amide bonds. The maximum atomic E-state index is 13.0. The van der Waals surface area contributed by atoms with Crippen LogP contribution in [0.3, 0.4) is 0 Å². The zero-order valence-electron chi connectivity index (χ0n) is 70.1. The van der Waals surface area contributed by atoms with Gasteiger partial charge in [-0.15, -0.1) is 0 Å². The molecule has 638 valence electrons. The molecule has 0 aromatic carbocycles. The average Bonchev–Trinajstić information content (AvgIpc) is 0.902. The Morgan fingerprint density at radius 1 is 0.261 bits per heavy atom. The maximum Gasteiger partial charge on any atom is 0.472 e. The van der Waals surface area contributed by atoms with Gasteiger partial charge in [-0.05, 0) is 122 Å². The molecule has 0 aliphatic heterocycles. The molecule has 5 atom stereocenters. The molecule has 0 aromatic heterocycles. The predicted molar refractivity (Wildman–Crippen MR) is 463 cm³/mol. The van der Waals surface area contributed by atoms with Crippen molar-refractivity contribution in [1.82, 2.24) is 0 Å². The summed E-state index contributed by atoms with van der Waals surface area (Å²) in [4.78, 5) is 58.8. The number of carbonyl (C=O) groups is 3. The lowest BCUT2D eigenvalue weighted by molar-refractivity contribution is -0.161. The highest BCUT2D eigenvalue weighted by molar-refractivity contribution is 7.47. The van der Waals surface area contributed by atoms with Crippen LogP contribution < -0.4 is 0 Å². The smallest absolute Gasteiger partial charge is 0.463 e. The monoisotopic (exact) mass is 1600 g/mol. The Morgan fingerprint density at radius 2 is 0.477 bits per heavy atom. The number of allylic oxidation sites excluding steroid dienone is 24. The molecule has 0 radical (unpaired) electrons. The highest BCUT2D eigenvalue weighted by Gasteiger charge is 2.29. The Kier molecular flexibility index (Phi) is 81.3. The normalized spacial score (nSPS) is 14.5. The van der Waals surface area contributed by atoms with Crippen molar-refractivity contribution < 1.29 is 75.8 Å². The lowest BCUT2D eigenvalue weighted by Gasteiger charge is -2.21. The summed E-state index contributed by atoms with van der Waals surface area (Å²) in [5.74, 6) is -1.57. The van der Waals surface area contributed by atoms with E-state index in [1.165, 1.54) is 148 Å². The number of hydrogen-bond donors (Lipinski definition) is 4. The Labute approximate surface area is 677 Å². The third-order valence-corrected chi connectivity index (χ3v) is 20.5. The fraction of sp³-hybridized carbons (Fsp3) is 0.710. The second-order valence-electron chi connectivity index (χ2n) is 29.3. The quantitative estimate of drug-likeness (QED) is 0.0146. The molecule has 4 N–H and O–H groups in total. The fourth-order valence-corrected chi connectivity index (χ4v) is 13.5. The van der Waals surface area contributed by atoms with Crippen LogP contribution in [0.15, 0.2) is 146 Å². The van der Waals surface area contributed by atoms with E-state index >= 15 is 0 Å². The van der Waals surface area contributed by atoms with Crippen molar-refractivity contribution in [3.05, 3.63) is 146 Å². The summed E-state index contributed by atoms with van der Waals surface area (Å²) in [6, 6.07) is 0. The van der Waals surface area contributed by atoms with E-state index in [9.17, 15) is 43.5 Å². The highest BCUT2D eigenvalue weighted by atomic mass is 31.2. The predicted octanol–water partition coefficient (Wildman–Crippen LogP) is 26.8. The van der Waals surface area contributed by atoms with E-state index in [1.54, 1.807) is 0 Å². The van der Waals surface area contributed by atoms with Gasteiger partial charge in [0, 0.05) is 19.3 Å². The number of aliphatic hydroxyl groups is 2. The second kappa shape index (κ2) is 84.8. The van der Waals surface area contributed by atoms with Crippen LogP contribution in [0, 0.1) is 0 Å². The van der Waals surface area contributed by atoms with Gasteiger partial charge in [-0.3, -0.25) is 32.5 Å². The number of esters is 3. The first-order valence-corrected chi connectivity index (χ1v) is 47.1. The van der Waals surface area contributed by atoms with Gasteiger partial charge in [-0.1, -0.05) is 372 Å². The number of aliphatic hydroxyl groups excluding tert-OH is 2. The van der Waals surface area contributed by atoms with Crippen molar-refractivity contribution in [3.63, 3.8) is 0 Å². The van der Waals surface area contributed by atoms with Crippen molar-refractivity contribution in [2.75, 3.05) is 39.6 Å². The summed E-state index contributed by atoms with van der Waals surface area (Å²) in [6.07, 6.45) is 106. The molecule has 0 bridgehead atoms. The molecule has 0 aromatic rings. The minimum absolute atomic E-state index is 0.104. The van der Waals surface area contributed by atoms with Gasteiger partial charge in [-0.2, -0.15) is 0 Å². The van der Waals surface area contributed by atoms with Crippen LogP contribution in [0.25, 0.3) is 0 Å². The topological polar surface area (TPSA) is 231 Å². The van der Waals surface area contributed by atoms with E-state index in [4.69, 9.17) is 32.3 Å². The summed E-state index contributed by atoms with van der Waals surface area (Å²) in [6.45, 7) is 2.49. The Morgan fingerprint density at radius 3 is 0.757 bits per heavy atom. The van der Waals surface area contributed by atoms with Gasteiger partial charge in [0.1, 0.15) is 25.4 Å². The van der Waals surface area contributed by atoms with Crippen LogP contribution in [0.5, 0.6) is 0 Å². The molecule has 0 aliphatic carbocycles. The molecule has 0 rings (SSSR count). The molecule has 18 heteroatoms. The van der Waals surface area contributed by atoms with E-state index in [1.807, 2.05) is 0 Å². The number of ether oxygens (including phenoxy) is 3. The Bertz CT molecular complexity index is 2600. The van der Waals surface area contributed by atoms with Crippen molar-refractivity contribution in [3.8, 4) is 0 Å². The molecular formula is C93H160O16P2. The van der Waals surface area contributed by atoms with Crippen LogP contribution in [-0.2, 0) is 55.8 Å². The molecule has 0 saturated carbocycles. The molecule has 16 nitrogen and oxygen atoms in total. The summed E-state index contributed by atoms with van der Waals surface area (Å²) in [5.41, 5.74) is 0. The van der Waals surface area contributed by atoms with E-state index in [-0.39, 0.29) is 19.3 Å². The minimum atomic E-state index is -4.94. The van der Waals surface area contributed by atoms with Crippen molar-refractivity contribution in [2.45, 2.75) is 386 Å². The van der Waals surface area contributed by atoms with Crippen LogP contribution in [0.2, 0.25) is 0 Å². The van der Waals surface area contributed by atoms with Gasteiger partial charge in [-0.25, -0.2) is 9.13 Å². The molecule has 0 heterocycles. The third kappa shape index (κ3) is 86.1. The number of unbranched alkanes of at least 4 members (excludes halogenated alkanes) is 36. The summed E-state index contributed by atoms with van der Waals surface area (Å²) in [5, 5.41) is 20.7. The second-order valence-corrected chi connectivity index (χ2v) is 32.2. The van der Waals surface area contributed by atoms with E-state index < -0.39 is 91.5 Å². The number of phosphoric ester groups is 2. The molecule has 0 spiro atoms. The van der Waals surface area contributed by atoms with Gasteiger partial charge >= 0.3 is 33.6 Å². The van der Waals surface area contributed by atoms with Crippen LogP contribution >= 0.6 is 15.6 Å². The number of hydrogen-bond acceptors (Lipinski definition) is 14. The molecule has 111 heavy (non-hydrogen) atoms. The Hall–Kier alpha value is -4.57. The maximum absolute atomic E-state index is 13.0. The van der Waals surface area contributed by atoms with Crippen molar-refractivity contribution in [2.24, 2.45) is 0 Å². The van der Waals surface area contributed by atoms with Gasteiger partial charge in [0.25, 0.3) is 0 Å². The first-order valence-electron chi connectivity index (χ1n) is 44.1. The lowest BCUT2D eigenvalue weighted by atomic mass is 10.0. The van der Waals surface area contributed by atoms with Crippen LogP contribution in [-0.4, -0.2) is 95.9 Å². The zero-order chi connectivity index (χ0) is 80.8. The van der Waals surface area contributed by atoms with Crippen LogP contribution in [0.1, 0.15) is 367 Å². The number of phosphoric acid groups is 2. The summed E-state index contributed by atoms with van der Waals surface area (Å²) in [7, 11) is -9.80. The molecule has 0 saturated heterocycles. The van der Waals surface area contributed by atoms with E-state index in [0.29, 0.717) is 19.3 Å². The SMILES string of the molecule is CC/C=C\C/C=C\C/C=C\C/C=C\C/C=C\C/C=C\CCCCCCCCCCCCCCCCC(=O)OCC(O)COP(=O)(O)OCC(O)COP(=O)(O)OCC(COC(=O)CCCCCCCCCC/C=C\C/C=C\C/C=C\C/C=C\C/C=C\C/C=C\CC)OC(=O)CCCCCCCCCCCCCCCCC. The molecular weight excluding hydrogens is 1430 g/mol. The number of carbonyl (C=O) groups excluding carboxylic acids is 3. The number of rotatable bonds is 83. The lowest BCUT2D eigenvalue weighted by Crippen LogP contribution is -2.30. The molecule has 0 fully saturated rings. The highest BCUT2D eigenvalue weighted by Crippen LogP contribution is 2.45. The first-order chi connectivity index (χ1) is 54.2. The molecule has 0 aliphatic rings. The average molecular weight is 1600 g/mol. The van der Waals surface area contributed by atoms with E-state index in [2.05, 4.69) is 167 Å². The van der Waals surface area contributed by atoms with Crippen LogP contribution in [0.4, 0.5) is 0 Å². The largest absolute Gasteiger partial charge is 0.472 e. The standard InChI is InChI=1S/C93H160O16P2/c1-4-7-10-13-16-19-22-25-28-30-32-34-36-38-40-41-42-43-44-45-47-49-50-52-54-56-59-61-64-67-70-73-76-79-91(96)103-82-88(94)83-105-110(99,100)106-84-89(95)85-107-111(101,102)108-87-90(109-93(98)81-78-75-72-69-66-63-58-27-24-21-18-15-12-9-6-3)86-104-92(97)80-77-74-71-68-65-62-60-57-55-53-51-48-46-39-37-35-33-31-29-26-23-20-17-14-11-8-5-2/h7-8,10-11,16-17,19-20,25-26,28-29,32-35,38-40,42-43,46,51,53,88-90,94-95H,4-6,9,12-15,18,21-24,27,30-31,36-37,41,44-45,47-50,52,54-87H2,1-3H3,(H,99,100)(H,101,102)/b10-7-,11-8-,19-16-,20-17-,28-25-,29-26-,34-32-,35-33-,40-38-,43-42-,46-39-,53-51-. The first kappa shape index (κ1) is 106. The van der Waals surface area contributed by atoms with Gasteiger partial charge in [0.05, 0.1) is 26.4 Å². The molecule has 5 unspecified atom stereocenters. The minimum Gasteiger partial charge on any atom is -0.463 e. The van der Waals surface area contributed by atoms with Gasteiger partial charge < -0.3 is 34.2 Å². The third-order valence-electron chi connectivity index (χ3n) is 18.6. The van der Waals surface area contributed by atoms with E-state index in [0.717, 1.165) is 161 Å². The summed E-state index contributed by atoms with van der Waals surface area (Å²) < 4.78 is 61.4. The zero-order valence-corrected chi connectivity index (χ0v) is 71.9.